The second kappa shape index (κ2) is 6.31. The Kier molecular flexibility index (Phi) is 4.06. The molecule has 1 rings (SSSR count). The van der Waals surface area contributed by atoms with Crippen molar-refractivity contribution >= 4 is 11.0 Å². The number of benzene rings is 1. The first-order valence-electron chi connectivity index (χ1n) is 7.35. The minimum atomic E-state index is -5.00. The summed E-state index contributed by atoms with van der Waals surface area (Å²) in [6.45, 7) is 0.111. The van der Waals surface area contributed by atoms with E-state index in [0.717, 1.165) is 6.07 Å². The highest BCUT2D eigenvalue weighted by atomic mass is 32.2. The molecule has 0 bridgehead atoms. The molecule has 2 N–H and O–H groups in total. The van der Waals surface area contributed by atoms with E-state index in [4.69, 9.17) is 9.25 Å². The molecule has 1 aromatic rings. The molecule has 2 atom stereocenters. The predicted molar refractivity (Wildman–Crippen MR) is 72.5 cm³/mol. The molecule has 3 nitrogen and oxygen atoms in total. The quantitative estimate of drug-likeness (QED) is 0.838. The van der Waals surface area contributed by atoms with Crippen LogP contribution in [0.5, 0.6) is 5.75 Å². The lowest BCUT2D eigenvalue weighted by atomic mass is 9.91. The van der Waals surface area contributed by atoms with Gasteiger partial charge in [-0.05, 0) is 49.9 Å². The lowest BCUT2D eigenvalue weighted by molar-refractivity contribution is -0.274. The van der Waals surface area contributed by atoms with Crippen molar-refractivity contribution in [1.29, 1.82) is 0 Å². The molecule has 0 aliphatic heterocycles. The van der Waals surface area contributed by atoms with E-state index in [9.17, 15) is 21.8 Å². The summed E-state index contributed by atoms with van der Waals surface area (Å²) in [4.78, 5) is 0. The van der Waals surface area contributed by atoms with Crippen LogP contribution in [0.15, 0.2) is 18.2 Å². The molecule has 1 unspecified atom stereocenters. The van der Waals surface area contributed by atoms with Crippen LogP contribution in [-0.2, 0) is 11.0 Å². The maximum absolute atomic E-state index is 14.1. The summed E-state index contributed by atoms with van der Waals surface area (Å²) in [5.74, 6) is -3.24. The molecule has 0 saturated heterocycles. The molecule has 1 aromatic carbocycles. The number of hydrogen-bond acceptors (Lipinski definition) is 2. The topological polar surface area (TPSA) is 52.3 Å². The van der Waals surface area contributed by atoms with Gasteiger partial charge in [-0.2, -0.15) is 0 Å². The van der Waals surface area contributed by atoms with Crippen LogP contribution in [0.3, 0.4) is 0 Å². The van der Waals surface area contributed by atoms with Gasteiger partial charge in [0.1, 0.15) is 11.6 Å². The molecule has 0 aromatic heterocycles. The minimum Gasteiger partial charge on any atom is -0.406 e. The van der Waals surface area contributed by atoms with Gasteiger partial charge in [0, 0.05) is 4.11 Å². The van der Waals surface area contributed by atoms with E-state index in [0.29, 0.717) is 12.1 Å². The highest BCUT2D eigenvalue weighted by molar-refractivity contribution is 7.84. The second-order valence-electron chi connectivity index (χ2n) is 5.04. The maximum Gasteiger partial charge on any atom is 0.573 e. The van der Waals surface area contributed by atoms with Crippen LogP contribution >= 0.6 is 0 Å². The van der Waals surface area contributed by atoms with Crippen molar-refractivity contribution in [3.63, 3.8) is 0 Å². The third-order valence-electron chi connectivity index (χ3n) is 2.82. The van der Waals surface area contributed by atoms with E-state index in [1.54, 1.807) is 0 Å². The number of nitrogens with two attached hydrogens (primary N) is 1. The smallest absolute Gasteiger partial charge is 0.406 e. The Labute approximate surface area is 127 Å². The molecule has 0 aliphatic rings. The van der Waals surface area contributed by atoms with Crippen molar-refractivity contribution in [2.45, 2.75) is 44.1 Å². The van der Waals surface area contributed by atoms with Gasteiger partial charge in [0.15, 0.2) is 0 Å². The molecule has 21 heavy (non-hydrogen) atoms. The zero-order chi connectivity index (χ0) is 18.9. The van der Waals surface area contributed by atoms with Gasteiger partial charge < -0.3 is 4.74 Å². The highest BCUT2D eigenvalue weighted by Gasteiger charge is 2.32. The fraction of sp³-hybridized carbons (Fsp3) is 0.538. The third kappa shape index (κ3) is 5.28. The van der Waals surface area contributed by atoms with Crippen molar-refractivity contribution < 1.29 is 30.6 Å². The predicted octanol–water partition coefficient (Wildman–Crippen LogP) is 3.62. The van der Waals surface area contributed by atoms with Crippen LogP contribution in [0.1, 0.15) is 42.7 Å². The van der Waals surface area contributed by atoms with Crippen molar-refractivity contribution in [3.8, 4) is 5.75 Å². The summed E-state index contributed by atoms with van der Waals surface area (Å²) in [6, 6.07) is 2.13. The van der Waals surface area contributed by atoms with Crippen molar-refractivity contribution in [2.24, 2.45) is 5.14 Å². The molecule has 8 heteroatoms. The number of rotatable bonds is 5. The van der Waals surface area contributed by atoms with Gasteiger partial charge in [0.25, 0.3) is 0 Å². The monoisotopic (exact) mass is 330 g/mol. The van der Waals surface area contributed by atoms with E-state index >= 15 is 0 Å². The van der Waals surface area contributed by atoms with E-state index in [1.165, 1.54) is 13.8 Å². The van der Waals surface area contributed by atoms with E-state index in [1.807, 2.05) is 0 Å². The molecule has 120 valence electrons. The fourth-order valence-electron chi connectivity index (χ4n) is 1.67. The van der Waals surface area contributed by atoms with E-state index in [-0.39, 0.29) is 6.42 Å². The van der Waals surface area contributed by atoms with E-state index < -0.39 is 52.0 Å². The van der Waals surface area contributed by atoms with Crippen molar-refractivity contribution in [3.05, 3.63) is 29.6 Å². The lowest BCUT2D eigenvalue weighted by Gasteiger charge is -2.25. The minimum absolute atomic E-state index is 0.320. The molecular weight excluding hydrogens is 310 g/mol. The summed E-state index contributed by atoms with van der Waals surface area (Å²) in [7, 11) is -1.92. The van der Waals surface area contributed by atoms with Crippen LogP contribution in [0.4, 0.5) is 17.6 Å². The van der Waals surface area contributed by atoms with Crippen molar-refractivity contribution in [1.82, 2.24) is 0 Å². The first kappa shape index (κ1) is 13.5. The number of halogens is 4. The van der Waals surface area contributed by atoms with Crippen molar-refractivity contribution in [2.75, 3.05) is 0 Å². The van der Waals surface area contributed by atoms with Crippen LogP contribution in [0.25, 0.3) is 0 Å². The van der Waals surface area contributed by atoms with Gasteiger partial charge in [-0.15, -0.1) is 13.2 Å². The summed E-state index contributed by atoms with van der Waals surface area (Å²) >= 11 is 0. The Morgan fingerprint density at radius 2 is 2.05 bits per heavy atom. The molecule has 0 amide bonds. The standard InChI is InChI=1S/C13H17F4NO2S/c1-8(7-12(2,3)21(18)19)10-6-9(4-5-11(10)14)20-13(15,16)17/h4-6,8H,7,18H2,1-3H3/t8-,21?/m0/s1/i1D3. The van der Waals surface area contributed by atoms with Gasteiger partial charge in [-0.1, -0.05) is 6.85 Å². The van der Waals surface area contributed by atoms with Gasteiger partial charge in [-0.25, -0.2) is 8.60 Å². The Balaban J connectivity index is 3.33. The van der Waals surface area contributed by atoms with Crippen LogP contribution in [0.2, 0.25) is 0 Å². The first-order valence-corrected chi connectivity index (χ1v) is 7.06. The summed E-state index contributed by atoms with van der Waals surface area (Å²) in [5.41, 5.74) is -0.477. The zero-order valence-electron chi connectivity index (χ0n) is 14.3. The Hall–Kier alpha value is -1.15. The molecule has 0 heterocycles. The first-order chi connectivity index (χ1) is 10.6. The average molecular weight is 330 g/mol. The Bertz CT molecular complexity index is 620. The molecule has 0 fully saturated rings. The van der Waals surface area contributed by atoms with Gasteiger partial charge in [0.2, 0.25) is 0 Å². The molecule has 0 spiro atoms. The normalized spacial score (nSPS) is 18.3. The SMILES string of the molecule is [2H]C([2H])([2H])[C@@H](CC(C)(C)S(N)=O)c1cc(OC(F)(F)F)ccc1F. The summed E-state index contributed by atoms with van der Waals surface area (Å²) in [6.07, 6.45) is -5.32. The number of alkyl halides is 3. The second-order valence-corrected chi connectivity index (χ2v) is 6.74. The van der Waals surface area contributed by atoms with Gasteiger partial charge in [0.05, 0.1) is 15.7 Å². The van der Waals surface area contributed by atoms with Gasteiger partial charge >= 0.3 is 6.36 Å². The lowest BCUT2D eigenvalue weighted by Crippen LogP contribution is -2.33. The summed E-state index contributed by atoms with van der Waals surface area (Å²) in [5, 5.41) is 5.31. The highest BCUT2D eigenvalue weighted by Crippen LogP contribution is 2.33. The zero-order valence-corrected chi connectivity index (χ0v) is 12.1. The van der Waals surface area contributed by atoms with Crippen LogP contribution in [-0.4, -0.2) is 15.3 Å². The number of ether oxygens (including phenoxy) is 1. The maximum atomic E-state index is 14.1. The van der Waals surface area contributed by atoms with Crippen LogP contribution in [0, 0.1) is 5.82 Å². The molecule has 0 aliphatic carbocycles. The largest absolute Gasteiger partial charge is 0.573 e. The van der Waals surface area contributed by atoms with Crippen LogP contribution < -0.4 is 9.88 Å². The Morgan fingerprint density at radius 1 is 1.43 bits per heavy atom. The third-order valence-corrected chi connectivity index (χ3v) is 4.07. The molecular formula is C13H17F4NO2S. The van der Waals surface area contributed by atoms with E-state index in [2.05, 4.69) is 4.74 Å². The fourth-order valence-corrected chi connectivity index (χ4v) is 2.00. The van der Waals surface area contributed by atoms with Gasteiger partial charge in [-0.3, -0.25) is 5.14 Å². The average Bonchev–Trinajstić information content (AvgIpc) is 2.35. The Morgan fingerprint density at radius 3 is 2.52 bits per heavy atom. The molecule has 0 saturated carbocycles. The summed E-state index contributed by atoms with van der Waals surface area (Å²) < 4.78 is 87.7. The number of hydrogen-bond donors (Lipinski definition) is 1. The molecule has 0 radical (unpaired) electrons.